The molecule has 1 aliphatic heterocycles. The van der Waals surface area contributed by atoms with Crippen LogP contribution in [0.2, 0.25) is 0 Å². The SMILES string of the molecule is O=C(O)/C=C/C1=CC=C(CO)CO1. The van der Waals surface area contributed by atoms with Crippen LogP contribution in [0, 0.1) is 0 Å². The fourth-order valence-corrected chi connectivity index (χ4v) is 0.828. The van der Waals surface area contributed by atoms with E-state index in [-0.39, 0.29) is 6.61 Å². The predicted octanol–water partition coefficient (Wildman–Crippen LogP) is 0.460. The second-order valence-corrected chi connectivity index (χ2v) is 2.51. The van der Waals surface area contributed by atoms with Gasteiger partial charge in [0.05, 0.1) is 6.61 Å². The zero-order valence-electron chi connectivity index (χ0n) is 6.93. The molecule has 0 aromatic rings. The number of hydrogen-bond donors (Lipinski definition) is 2. The summed E-state index contributed by atoms with van der Waals surface area (Å²) in [4.78, 5) is 10.1. The lowest BCUT2D eigenvalue weighted by molar-refractivity contribution is -0.131. The van der Waals surface area contributed by atoms with Gasteiger partial charge in [-0.3, -0.25) is 0 Å². The number of carbonyl (C=O) groups is 1. The average molecular weight is 182 g/mol. The fraction of sp³-hybridized carbons (Fsp3) is 0.222. The van der Waals surface area contributed by atoms with Gasteiger partial charge in [0.1, 0.15) is 12.4 Å². The van der Waals surface area contributed by atoms with E-state index in [0.717, 1.165) is 11.6 Å². The van der Waals surface area contributed by atoms with Crippen LogP contribution in [0.1, 0.15) is 0 Å². The fourth-order valence-electron chi connectivity index (χ4n) is 0.828. The highest BCUT2D eigenvalue weighted by molar-refractivity contribution is 5.80. The van der Waals surface area contributed by atoms with Crippen molar-refractivity contribution in [3.63, 3.8) is 0 Å². The molecule has 13 heavy (non-hydrogen) atoms. The van der Waals surface area contributed by atoms with Gasteiger partial charge in [-0.2, -0.15) is 0 Å². The lowest BCUT2D eigenvalue weighted by atomic mass is 10.2. The van der Waals surface area contributed by atoms with Gasteiger partial charge in [-0.1, -0.05) is 6.08 Å². The molecule has 0 fully saturated rings. The molecule has 0 aromatic carbocycles. The van der Waals surface area contributed by atoms with Gasteiger partial charge in [0.25, 0.3) is 0 Å². The first-order valence-electron chi connectivity index (χ1n) is 3.77. The minimum absolute atomic E-state index is 0.0353. The first kappa shape index (κ1) is 9.54. The third-order valence-electron chi connectivity index (χ3n) is 1.50. The number of aliphatic hydroxyl groups excluding tert-OH is 1. The van der Waals surface area contributed by atoms with Crippen molar-refractivity contribution in [3.8, 4) is 0 Å². The number of ether oxygens (including phenoxy) is 1. The van der Waals surface area contributed by atoms with Crippen molar-refractivity contribution >= 4 is 5.97 Å². The van der Waals surface area contributed by atoms with Gasteiger partial charge in [0, 0.05) is 6.08 Å². The molecule has 1 rings (SSSR count). The van der Waals surface area contributed by atoms with Crippen molar-refractivity contribution < 1.29 is 19.7 Å². The third kappa shape index (κ3) is 3.13. The van der Waals surface area contributed by atoms with Gasteiger partial charge in [0.15, 0.2) is 0 Å². The summed E-state index contributed by atoms with van der Waals surface area (Å²) in [5, 5.41) is 17.0. The summed E-state index contributed by atoms with van der Waals surface area (Å²) in [6.45, 7) is 0.277. The summed E-state index contributed by atoms with van der Waals surface area (Å²) in [6.07, 6.45) is 5.70. The van der Waals surface area contributed by atoms with Crippen LogP contribution in [0.25, 0.3) is 0 Å². The topological polar surface area (TPSA) is 66.8 Å². The highest BCUT2D eigenvalue weighted by Crippen LogP contribution is 2.10. The molecule has 0 bridgehead atoms. The van der Waals surface area contributed by atoms with Crippen molar-refractivity contribution in [3.05, 3.63) is 35.6 Å². The Morgan fingerprint density at radius 1 is 1.62 bits per heavy atom. The van der Waals surface area contributed by atoms with Crippen molar-refractivity contribution in [1.82, 2.24) is 0 Å². The van der Waals surface area contributed by atoms with Crippen LogP contribution in [-0.2, 0) is 9.53 Å². The van der Waals surface area contributed by atoms with Crippen molar-refractivity contribution in [2.45, 2.75) is 0 Å². The predicted molar refractivity (Wildman–Crippen MR) is 46.0 cm³/mol. The lowest BCUT2D eigenvalue weighted by Crippen LogP contribution is -2.05. The Balaban J connectivity index is 2.60. The molecule has 4 heteroatoms. The van der Waals surface area contributed by atoms with Crippen LogP contribution in [0.4, 0.5) is 0 Å². The summed E-state index contributed by atoms with van der Waals surface area (Å²) < 4.78 is 5.11. The summed E-state index contributed by atoms with van der Waals surface area (Å²) >= 11 is 0. The minimum atomic E-state index is -1.01. The molecule has 0 aliphatic carbocycles. The first-order valence-corrected chi connectivity index (χ1v) is 3.77. The Kier molecular flexibility index (Phi) is 3.28. The monoisotopic (exact) mass is 182 g/mol. The van der Waals surface area contributed by atoms with E-state index in [9.17, 15) is 4.79 Å². The van der Waals surface area contributed by atoms with E-state index in [2.05, 4.69) is 0 Å². The van der Waals surface area contributed by atoms with Gasteiger partial charge in [0.2, 0.25) is 0 Å². The molecule has 0 spiro atoms. The number of carboxylic acid groups (broad SMARTS) is 1. The first-order chi connectivity index (χ1) is 6.22. The molecule has 1 aliphatic rings. The zero-order valence-corrected chi connectivity index (χ0v) is 6.93. The molecule has 70 valence electrons. The Bertz CT molecular complexity index is 286. The van der Waals surface area contributed by atoms with E-state index < -0.39 is 5.97 Å². The highest BCUT2D eigenvalue weighted by atomic mass is 16.5. The van der Waals surface area contributed by atoms with Gasteiger partial charge >= 0.3 is 5.97 Å². The second kappa shape index (κ2) is 4.47. The number of aliphatic hydroxyl groups is 1. The number of rotatable bonds is 3. The van der Waals surface area contributed by atoms with Gasteiger partial charge in [-0.15, -0.1) is 0 Å². The number of hydrogen-bond acceptors (Lipinski definition) is 3. The minimum Gasteiger partial charge on any atom is -0.489 e. The van der Waals surface area contributed by atoms with Crippen LogP contribution < -0.4 is 0 Å². The molecule has 1 heterocycles. The molecule has 0 atom stereocenters. The van der Waals surface area contributed by atoms with Crippen LogP contribution in [-0.4, -0.2) is 29.4 Å². The van der Waals surface area contributed by atoms with Gasteiger partial charge < -0.3 is 14.9 Å². The zero-order chi connectivity index (χ0) is 9.68. The molecule has 0 aromatic heterocycles. The average Bonchev–Trinajstić information content (AvgIpc) is 2.15. The quantitative estimate of drug-likeness (QED) is 0.622. The Morgan fingerprint density at radius 3 is 2.85 bits per heavy atom. The van der Waals surface area contributed by atoms with E-state index in [0.29, 0.717) is 12.4 Å². The number of carboxylic acids is 1. The largest absolute Gasteiger partial charge is 0.489 e. The van der Waals surface area contributed by atoms with Crippen molar-refractivity contribution in [2.24, 2.45) is 0 Å². The van der Waals surface area contributed by atoms with E-state index >= 15 is 0 Å². The van der Waals surface area contributed by atoms with Gasteiger partial charge in [-0.25, -0.2) is 4.79 Å². The normalized spacial score (nSPS) is 16.4. The maximum absolute atomic E-state index is 10.1. The number of allylic oxidation sites excluding steroid dienone is 3. The molecule has 0 unspecified atom stereocenters. The summed E-state index contributed by atoms with van der Waals surface area (Å²) in [5.41, 5.74) is 0.771. The summed E-state index contributed by atoms with van der Waals surface area (Å²) in [6, 6.07) is 0. The lowest BCUT2D eigenvalue weighted by Gasteiger charge is -2.12. The van der Waals surface area contributed by atoms with E-state index in [1.54, 1.807) is 12.2 Å². The third-order valence-corrected chi connectivity index (χ3v) is 1.50. The molecule has 0 saturated carbocycles. The van der Waals surface area contributed by atoms with E-state index in [1.165, 1.54) is 6.08 Å². The Morgan fingerprint density at radius 2 is 2.38 bits per heavy atom. The molecular weight excluding hydrogens is 172 g/mol. The molecule has 0 amide bonds. The maximum atomic E-state index is 10.1. The maximum Gasteiger partial charge on any atom is 0.328 e. The number of aliphatic carboxylic acids is 1. The standard InChI is InChI=1S/C9H10O4/c10-5-7-1-2-8(13-6-7)3-4-9(11)12/h1-4,10H,5-6H2,(H,11,12)/b4-3+. The van der Waals surface area contributed by atoms with Crippen molar-refractivity contribution in [2.75, 3.05) is 13.2 Å². The van der Waals surface area contributed by atoms with Crippen molar-refractivity contribution in [1.29, 1.82) is 0 Å². The van der Waals surface area contributed by atoms with E-state index in [1.807, 2.05) is 0 Å². The Labute approximate surface area is 75.4 Å². The van der Waals surface area contributed by atoms with Gasteiger partial charge in [-0.05, 0) is 17.7 Å². The summed E-state index contributed by atoms with van der Waals surface area (Å²) in [7, 11) is 0. The smallest absolute Gasteiger partial charge is 0.328 e. The summed E-state index contributed by atoms with van der Waals surface area (Å²) in [5.74, 6) is -0.527. The van der Waals surface area contributed by atoms with Crippen LogP contribution in [0.3, 0.4) is 0 Å². The van der Waals surface area contributed by atoms with Crippen LogP contribution in [0.5, 0.6) is 0 Å². The second-order valence-electron chi connectivity index (χ2n) is 2.51. The molecule has 4 nitrogen and oxygen atoms in total. The molecular formula is C9H10O4. The van der Waals surface area contributed by atoms with Crippen LogP contribution >= 0.6 is 0 Å². The van der Waals surface area contributed by atoms with E-state index in [4.69, 9.17) is 14.9 Å². The highest BCUT2D eigenvalue weighted by Gasteiger charge is 2.03. The molecule has 0 radical (unpaired) electrons. The van der Waals surface area contributed by atoms with Crippen LogP contribution in [0.15, 0.2) is 35.6 Å². The molecule has 0 saturated heterocycles. The Hall–Kier alpha value is -1.55. The molecule has 2 N–H and O–H groups in total.